The SMILES string of the molecule is CN(Cc1cc(Br)cc2ccccc12)C(=O)CC1(c2ccc(F)cc2)CCNCC1. The van der Waals surface area contributed by atoms with Gasteiger partial charge in [-0.3, -0.25) is 4.79 Å². The molecule has 0 spiro atoms. The number of piperidine rings is 1. The molecule has 1 amide bonds. The zero-order valence-electron chi connectivity index (χ0n) is 17.1. The van der Waals surface area contributed by atoms with Crippen molar-refractivity contribution < 1.29 is 9.18 Å². The Hall–Kier alpha value is -2.24. The molecule has 0 aliphatic carbocycles. The summed E-state index contributed by atoms with van der Waals surface area (Å²) in [6.07, 6.45) is 2.18. The monoisotopic (exact) mass is 468 g/mol. The third kappa shape index (κ3) is 4.42. The molecule has 1 aliphatic rings. The van der Waals surface area contributed by atoms with E-state index in [2.05, 4.69) is 45.5 Å². The van der Waals surface area contributed by atoms with E-state index in [0.717, 1.165) is 52.3 Å². The van der Waals surface area contributed by atoms with E-state index in [4.69, 9.17) is 0 Å². The molecule has 3 nitrogen and oxygen atoms in total. The van der Waals surface area contributed by atoms with E-state index in [9.17, 15) is 9.18 Å². The first-order valence-electron chi connectivity index (χ1n) is 10.3. The third-order valence-corrected chi connectivity index (χ3v) is 6.71. The van der Waals surface area contributed by atoms with Crippen LogP contribution in [0.5, 0.6) is 0 Å². The Morgan fingerprint density at radius 2 is 1.80 bits per heavy atom. The normalized spacial score (nSPS) is 15.8. The van der Waals surface area contributed by atoms with Crippen LogP contribution in [0.2, 0.25) is 0 Å². The van der Waals surface area contributed by atoms with Gasteiger partial charge in [-0.25, -0.2) is 4.39 Å². The number of nitrogens with one attached hydrogen (secondary N) is 1. The van der Waals surface area contributed by atoms with Crippen LogP contribution in [0.15, 0.2) is 65.1 Å². The second kappa shape index (κ2) is 8.86. The van der Waals surface area contributed by atoms with E-state index in [1.807, 2.05) is 36.2 Å². The molecule has 1 saturated heterocycles. The average molecular weight is 469 g/mol. The molecular formula is C25H26BrFN2O. The van der Waals surface area contributed by atoms with Gasteiger partial charge in [0.05, 0.1) is 0 Å². The van der Waals surface area contributed by atoms with Crippen LogP contribution in [-0.4, -0.2) is 30.9 Å². The van der Waals surface area contributed by atoms with Crippen molar-refractivity contribution in [2.45, 2.75) is 31.2 Å². The summed E-state index contributed by atoms with van der Waals surface area (Å²) in [5, 5.41) is 5.70. The standard InChI is InChI=1S/C25H26BrFN2O/c1-29(17-19-15-21(26)14-18-4-2-3-5-23(18)19)24(30)16-25(10-12-28-13-11-25)20-6-8-22(27)9-7-20/h2-9,14-15,28H,10-13,16-17H2,1H3. The van der Waals surface area contributed by atoms with E-state index in [1.165, 1.54) is 12.1 Å². The Morgan fingerprint density at radius 3 is 2.53 bits per heavy atom. The largest absolute Gasteiger partial charge is 0.341 e. The summed E-state index contributed by atoms with van der Waals surface area (Å²) in [6.45, 7) is 2.28. The fraction of sp³-hybridized carbons (Fsp3) is 0.320. The molecule has 0 atom stereocenters. The Bertz CT molecular complexity index is 1040. The van der Waals surface area contributed by atoms with Gasteiger partial charge in [0.15, 0.2) is 0 Å². The molecule has 1 heterocycles. The number of hydrogen-bond donors (Lipinski definition) is 1. The minimum Gasteiger partial charge on any atom is -0.341 e. The van der Waals surface area contributed by atoms with Crippen LogP contribution in [0.25, 0.3) is 10.8 Å². The minimum atomic E-state index is -0.246. The number of carbonyl (C=O) groups is 1. The van der Waals surface area contributed by atoms with Gasteiger partial charge in [0.2, 0.25) is 5.91 Å². The number of amides is 1. The molecule has 0 saturated carbocycles. The van der Waals surface area contributed by atoms with Gasteiger partial charge < -0.3 is 10.2 Å². The number of rotatable bonds is 5. The van der Waals surface area contributed by atoms with Crippen LogP contribution in [0, 0.1) is 5.82 Å². The molecule has 1 aliphatic heterocycles. The maximum Gasteiger partial charge on any atom is 0.223 e. The lowest BCUT2D eigenvalue weighted by Gasteiger charge is -2.39. The fourth-order valence-corrected chi connectivity index (χ4v) is 5.05. The van der Waals surface area contributed by atoms with Gasteiger partial charge in [0.1, 0.15) is 5.82 Å². The van der Waals surface area contributed by atoms with Gasteiger partial charge in [0.25, 0.3) is 0 Å². The van der Waals surface area contributed by atoms with E-state index in [-0.39, 0.29) is 17.1 Å². The summed E-state index contributed by atoms with van der Waals surface area (Å²) in [4.78, 5) is 15.1. The van der Waals surface area contributed by atoms with Crippen molar-refractivity contribution in [1.82, 2.24) is 10.2 Å². The first-order valence-corrected chi connectivity index (χ1v) is 11.1. The van der Waals surface area contributed by atoms with Crippen molar-refractivity contribution in [1.29, 1.82) is 0 Å². The van der Waals surface area contributed by atoms with Crippen molar-refractivity contribution in [2.75, 3.05) is 20.1 Å². The Balaban J connectivity index is 1.57. The van der Waals surface area contributed by atoms with Crippen LogP contribution >= 0.6 is 15.9 Å². The number of carbonyl (C=O) groups excluding carboxylic acids is 1. The maximum atomic E-state index is 13.5. The zero-order valence-corrected chi connectivity index (χ0v) is 18.7. The fourth-order valence-electron chi connectivity index (χ4n) is 4.52. The first-order chi connectivity index (χ1) is 14.5. The molecule has 5 heteroatoms. The minimum absolute atomic E-state index is 0.116. The summed E-state index contributed by atoms with van der Waals surface area (Å²) in [5.41, 5.74) is 1.93. The lowest BCUT2D eigenvalue weighted by Crippen LogP contribution is -2.43. The first kappa shape index (κ1) is 21.0. The van der Waals surface area contributed by atoms with Gasteiger partial charge in [-0.1, -0.05) is 52.3 Å². The summed E-state index contributed by atoms with van der Waals surface area (Å²) < 4.78 is 14.5. The van der Waals surface area contributed by atoms with Crippen LogP contribution in [0.3, 0.4) is 0 Å². The van der Waals surface area contributed by atoms with Gasteiger partial charge >= 0.3 is 0 Å². The van der Waals surface area contributed by atoms with E-state index in [0.29, 0.717) is 13.0 Å². The lowest BCUT2D eigenvalue weighted by molar-refractivity contribution is -0.132. The molecule has 0 aromatic heterocycles. The highest BCUT2D eigenvalue weighted by atomic mass is 79.9. The topological polar surface area (TPSA) is 32.3 Å². The van der Waals surface area contributed by atoms with E-state index in [1.54, 1.807) is 0 Å². The number of halogens is 2. The van der Waals surface area contributed by atoms with Crippen molar-refractivity contribution in [3.63, 3.8) is 0 Å². The summed E-state index contributed by atoms with van der Waals surface area (Å²) >= 11 is 3.59. The molecule has 4 rings (SSSR count). The second-order valence-electron chi connectivity index (χ2n) is 8.25. The molecule has 3 aromatic carbocycles. The number of benzene rings is 3. The van der Waals surface area contributed by atoms with Crippen molar-refractivity contribution in [2.24, 2.45) is 0 Å². The van der Waals surface area contributed by atoms with Crippen LogP contribution in [0.1, 0.15) is 30.4 Å². The molecule has 156 valence electrons. The highest BCUT2D eigenvalue weighted by molar-refractivity contribution is 9.10. The number of nitrogens with zero attached hydrogens (tertiary/aromatic N) is 1. The van der Waals surface area contributed by atoms with Crippen LogP contribution in [-0.2, 0) is 16.8 Å². The molecule has 30 heavy (non-hydrogen) atoms. The van der Waals surface area contributed by atoms with E-state index >= 15 is 0 Å². The predicted molar refractivity (Wildman–Crippen MR) is 123 cm³/mol. The maximum absolute atomic E-state index is 13.5. The van der Waals surface area contributed by atoms with Crippen molar-refractivity contribution >= 4 is 32.6 Å². The highest BCUT2D eigenvalue weighted by Gasteiger charge is 2.36. The summed E-state index contributed by atoms with van der Waals surface area (Å²) in [6, 6.07) is 19.1. The number of fused-ring (bicyclic) bond motifs is 1. The third-order valence-electron chi connectivity index (χ3n) is 6.25. The Kier molecular flexibility index (Phi) is 6.21. The van der Waals surface area contributed by atoms with Gasteiger partial charge in [-0.2, -0.15) is 0 Å². The molecule has 0 bridgehead atoms. The number of hydrogen-bond acceptors (Lipinski definition) is 2. The lowest BCUT2D eigenvalue weighted by atomic mass is 9.70. The van der Waals surface area contributed by atoms with Crippen LogP contribution in [0.4, 0.5) is 4.39 Å². The molecule has 3 aromatic rings. The summed E-state index contributed by atoms with van der Waals surface area (Å²) in [5.74, 6) is -0.127. The van der Waals surface area contributed by atoms with Gasteiger partial charge in [-0.15, -0.1) is 0 Å². The second-order valence-corrected chi connectivity index (χ2v) is 9.17. The van der Waals surface area contributed by atoms with Gasteiger partial charge in [0, 0.05) is 29.9 Å². The van der Waals surface area contributed by atoms with Gasteiger partial charge in [-0.05, 0) is 72.1 Å². The van der Waals surface area contributed by atoms with Crippen molar-refractivity contribution in [3.8, 4) is 0 Å². The van der Waals surface area contributed by atoms with Crippen LogP contribution < -0.4 is 5.32 Å². The highest BCUT2D eigenvalue weighted by Crippen LogP contribution is 2.37. The molecule has 0 unspecified atom stereocenters. The Labute approximate surface area is 185 Å². The van der Waals surface area contributed by atoms with E-state index < -0.39 is 0 Å². The predicted octanol–water partition coefficient (Wildman–Crippen LogP) is 5.41. The summed E-state index contributed by atoms with van der Waals surface area (Å²) in [7, 11) is 1.87. The average Bonchev–Trinajstić information content (AvgIpc) is 2.74. The molecule has 1 fully saturated rings. The Morgan fingerprint density at radius 1 is 1.10 bits per heavy atom. The molecular weight excluding hydrogens is 443 g/mol. The quantitative estimate of drug-likeness (QED) is 0.542. The smallest absolute Gasteiger partial charge is 0.223 e. The zero-order chi connectivity index (χ0) is 21.1. The molecule has 0 radical (unpaired) electrons. The molecule has 1 N–H and O–H groups in total. The van der Waals surface area contributed by atoms with Crippen molar-refractivity contribution in [3.05, 3.63) is 82.1 Å².